The monoisotopic (exact) mass is 372 g/mol. The molecule has 2 rings (SSSR count). The van der Waals surface area contributed by atoms with Gasteiger partial charge in [0, 0.05) is 10.7 Å². The van der Waals surface area contributed by atoms with Crippen LogP contribution in [0.5, 0.6) is 0 Å². The highest BCUT2D eigenvalue weighted by molar-refractivity contribution is 6.30. The van der Waals surface area contributed by atoms with Crippen molar-refractivity contribution >= 4 is 29.4 Å². The molecule has 0 saturated heterocycles. The van der Waals surface area contributed by atoms with E-state index in [1.165, 1.54) is 0 Å². The Morgan fingerprint density at radius 1 is 1.08 bits per heavy atom. The van der Waals surface area contributed by atoms with E-state index < -0.39 is 0 Å². The largest absolute Gasteiger partial charge is 0.386 e. The minimum Gasteiger partial charge on any atom is -0.386 e. The minimum absolute atomic E-state index is 0.145. The third kappa shape index (κ3) is 5.60. The molecule has 1 amide bonds. The topological polar surface area (TPSA) is 50.7 Å². The number of oxime groups is 1. The van der Waals surface area contributed by atoms with Crippen molar-refractivity contribution in [2.45, 2.75) is 39.5 Å². The van der Waals surface area contributed by atoms with E-state index in [-0.39, 0.29) is 12.5 Å². The number of benzene rings is 2. The Morgan fingerprint density at radius 3 is 2.19 bits per heavy atom. The number of anilines is 1. The predicted molar refractivity (Wildman–Crippen MR) is 108 cm³/mol. The second-order valence-corrected chi connectivity index (χ2v) is 7.16. The van der Waals surface area contributed by atoms with Crippen molar-refractivity contribution in [1.82, 2.24) is 0 Å². The van der Waals surface area contributed by atoms with Gasteiger partial charge in [-0.15, -0.1) is 0 Å². The van der Waals surface area contributed by atoms with Crippen molar-refractivity contribution in [2.24, 2.45) is 5.16 Å². The highest BCUT2D eigenvalue weighted by Crippen LogP contribution is 2.32. The third-order valence-electron chi connectivity index (χ3n) is 3.98. The summed E-state index contributed by atoms with van der Waals surface area (Å²) in [6.07, 6.45) is 1.55. The molecule has 0 aliphatic carbocycles. The van der Waals surface area contributed by atoms with Crippen molar-refractivity contribution < 1.29 is 9.63 Å². The van der Waals surface area contributed by atoms with Crippen LogP contribution in [0, 0.1) is 0 Å². The van der Waals surface area contributed by atoms with Gasteiger partial charge in [-0.25, -0.2) is 0 Å². The van der Waals surface area contributed by atoms with Gasteiger partial charge in [-0.1, -0.05) is 74.8 Å². The number of rotatable bonds is 7. The Labute approximate surface area is 160 Å². The van der Waals surface area contributed by atoms with Gasteiger partial charge < -0.3 is 10.2 Å². The van der Waals surface area contributed by atoms with E-state index in [9.17, 15) is 4.79 Å². The van der Waals surface area contributed by atoms with E-state index in [0.717, 1.165) is 22.4 Å². The minimum atomic E-state index is -0.228. The van der Waals surface area contributed by atoms with Crippen molar-refractivity contribution in [1.29, 1.82) is 0 Å². The molecule has 0 heterocycles. The summed E-state index contributed by atoms with van der Waals surface area (Å²) in [7, 11) is 0. The van der Waals surface area contributed by atoms with E-state index in [2.05, 4.69) is 38.2 Å². The van der Waals surface area contributed by atoms with Gasteiger partial charge in [0.15, 0.2) is 6.61 Å². The van der Waals surface area contributed by atoms with Crippen molar-refractivity contribution in [3.63, 3.8) is 0 Å². The van der Waals surface area contributed by atoms with E-state index in [1.54, 1.807) is 18.3 Å². The standard InChI is InChI=1S/C21H25ClN2O2/c1-14(2)18-6-5-7-19(15(3)4)21(18)24-20(25)13-26-23-12-16-8-10-17(22)11-9-16/h5-12,14-15H,13H2,1-4H3,(H,24,25)/b23-12+. The van der Waals surface area contributed by atoms with Crippen LogP contribution in [-0.4, -0.2) is 18.7 Å². The van der Waals surface area contributed by atoms with Crippen LogP contribution in [0.25, 0.3) is 0 Å². The first-order valence-electron chi connectivity index (χ1n) is 8.72. The molecule has 0 aliphatic heterocycles. The number of nitrogens with one attached hydrogen (secondary N) is 1. The van der Waals surface area contributed by atoms with Gasteiger partial charge in [-0.3, -0.25) is 4.79 Å². The Morgan fingerprint density at radius 2 is 1.65 bits per heavy atom. The fraction of sp³-hybridized carbons (Fsp3) is 0.333. The van der Waals surface area contributed by atoms with Crippen molar-refractivity contribution in [2.75, 3.05) is 11.9 Å². The average Bonchev–Trinajstić information content (AvgIpc) is 2.60. The van der Waals surface area contributed by atoms with E-state index in [4.69, 9.17) is 16.4 Å². The number of amides is 1. The van der Waals surface area contributed by atoms with Gasteiger partial charge in [-0.05, 0) is 40.7 Å². The van der Waals surface area contributed by atoms with Crippen molar-refractivity contribution in [3.8, 4) is 0 Å². The summed E-state index contributed by atoms with van der Waals surface area (Å²) in [5.41, 5.74) is 3.97. The normalized spacial score (nSPS) is 11.3. The molecule has 0 aromatic heterocycles. The average molecular weight is 373 g/mol. The Bertz CT molecular complexity index is 742. The number of carbonyl (C=O) groups excluding carboxylic acids is 1. The van der Waals surface area contributed by atoms with Gasteiger partial charge in [-0.2, -0.15) is 0 Å². The Hall–Kier alpha value is -2.33. The predicted octanol–water partition coefficient (Wildman–Crippen LogP) is 5.58. The van der Waals surface area contributed by atoms with Crippen LogP contribution in [-0.2, 0) is 9.63 Å². The van der Waals surface area contributed by atoms with Crippen molar-refractivity contribution in [3.05, 3.63) is 64.2 Å². The molecule has 26 heavy (non-hydrogen) atoms. The molecule has 0 radical (unpaired) electrons. The zero-order chi connectivity index (χ0) is 19.1. The van der Waals surface area contributed by atoms with Crippen LogP contribution in [0.2, 0.25) is 5.02 Å². The molecule has 0 unspecified atom stereocenters. The fourth-order valence-corrected chi connectivity index (χ4v) is 2.74. The lowest BCUT2D eigenvalue weighted by Crippen LogP contribution is -2.19. The lowest BCUT2D eigenvalue weighted by Gasteiger charge is -2.19. The lowest BCUT2D eigenvalue weighted by molar-refractivity contribution is -0.120. The highest BCUT2D eigenvalue weighted by atomic mass is 35.5. The maximum atomic E-state index is 12.3. The molecular weight excluding hydrogens is 348 g/mol. The molecule has 0 bridgehead atoms. The van der Waals surface area contributed by atoms with Crippen LogP contribution >= 0.6 is 11.6 Å². The second kappa shape index (κ2) is 9.39. The van der Waals surface area contributed by atoms with Gasteiger partial charge >= 0.3 is 0 Å². The molecule has 0 spiro atoms. The summed E-state index contributed by atoms with van der Waals surface area (Å²) in [5.74, 6) is 0.397. The van der Waals surface area contributed by atoms with E-state index in [1.807, 2.05) is 30.3 Å². The van der Waals surface area contributed by atoms with Crippen LogP contribution in [0.4, 0.5) is 5.69 Å². The highest BCUT2D eigenvalue weighted by Gasteiger charge is 2.16. The zero-order valence-electron chi connectivity index (χ0n) is 15.6. The molecule has 0 saturated carbocycles. The second-order valence-electron chi connectivity index (χ2n) is 6.73. The maximum absolute atomic E-state index is 12.3. The molecule has 4 nitrogen and oxygen atoms in total. The zero-order valence-corrected chi connectivity index (χ0v) is 16.4. The van der Waals surface area contributed by atoms with Gasteiger partial charge in [0.05, 0.1) is 6.21 Å². The summed E-state index contributed by atoms with van der Waals surface area (Å²) < 4.78 is 0. The fourth-order valence-electron chi connectivity index (χ4n) is 2.61. The molecule has 1 N–H and O–H groups in total. The van der Waals surface area contributed by atoms with Crippen LogP contribution in [0.1, 0.15) is 56.2 Å². The lowest BCUT2D eigenvalue weighted by atomic mass is 9.92. The van der Waals surface area contributed by atoms with E-state index >= 15 is 0 Å². The summed E-state index contributed by atoms with van der Waals surface area (Å²) >= 11 is 5.83. The molecule has 0 atom stereocenters. The molecule has 0 aliphatic rings. The number of hydrogen-bond donors (Lipinski definition) is 1. The number of carbonyl (C=O) groups is 1. The number of hydrogen-bond acceptors (Lipinski definition) is 3. The summed E-state index contributed by atoms with van der Waals surface area (Å²) in [5, 5.41) is 7.49. The Balaban J connectivity index is 2.00. The summed E-state index contributed by atoms with van der Waals surface area (Å²) in [6.45, 7) is 8.31. The Kier molecular flexibility index (Phi) is 7.22. The summed E-state index contributed by atoms with van der Waals surface area (Å²) in [6, 6.07) is 13.3. The molecule has 138 valence electrons. The molecule has 5 heteroatoms. The first kappa shape index (κ1) is 20.0. The quantitative estimate of drug-likeness (QED) is 0.509. The number of halogens is 1. The maximum Gasteiger partial charge on any atom is 0.265 e. The van der Waals surface area contributed by atoms with E-state index in [0.29, 0.717) is 16.9 Å². The smallest absolute Gasteiger partial charge is 0.265 e. The molecule has 2 aromatic carbocycles. The van der Waals surface area contributed by atoms with Crippen LogP contribution in [0.3, 0.4) is 0 Å². The first-order chi connectivity index (χ1) is 12.4. The van der Waals surface area contributed by atoms with Crippen LogP contribution < -0.4 is 5.32 Å². The van der Waals surface area contributed by atoms with Gasteiger partial charge in [0.25, 0.3) is 5.91 Å². The molecule has 2 aromatic rings. The summed E-state index contributed by atoms with van der Waals surface area (Å²) in [4.78, 5) is 17.4. The number of para-hydroxylation sites is 1. The SMILES string of the molecule is CC(C)c1cccc(C(C)C)c1NC(=O)CO/N=C/c1ccc(Cl)cc1. The first-order valence-corrected chi connectivity index (χ1v) is 9.09. The molecule has 0 fully saturated rings. The number of nitrogens with zero attached hydrogens (tertiary/aromatic N) is 1. The third-order valence-corrected chi connectivity index (χ3v) is 4.23. The molecular formula is C21H25ClN2O2. The van der Waals surface area contributed by atoms with Gasteiger partial charge in [0.2, 0.25) is 0 Å². The van der Waals surface area contributed by atoms with Crippen LogP contribution in [0.15, 0.2) is 47.6 Å². The van der Waals surface area contributed by atoms with Gasteiger partial charge in [0.1, 0.15) is 0 Å².